The number of aryl methyl sites for hydroxylation is 2. The number of nitrogens with zero attached hydrogens (tertiary/aromatic N) is 4. The molecule has 0 spiro atoms. The van der Waals surface area contributed by atoms with Gasteiger partial charge < -0.3 is 21.5 Å². The molecular formula is C17H18FN7O2. The molecule has 5 N–H and O–H groups in total. The largest absolute Gasteiger partial charge is 0.434 e. The van der Waals surface area contributed by atoms with Crippen molar-refractivity contribution in [3.8, 4) is 11.6 Å². The second-order valence-electron chi connectivity index (χ2n) is 5.68. The number of hydrogen-bond acceptors (Lipinski definition) is 7. The predicted molar refractivity (Wildman–Crippen MR) is 97.3 cm³/mol. The van der Waals surface area contributed by atoms with E-state index >= 15 is 0 Å². The zero-order chi connectivity index (χ0) is 19.6. The van der Waals surface area contributed by atoms with Crippen molar-refractivity contribution in [2.24, 2.45) is 12.8 Å². The minimum Gasteiger partial charge on any atom is -0.434 e. The van der Waals surface area contributed by atoms with E-state index in [-0.39, 0.29) is 23.1 Å². The molecule has 0 aliphatic carbocycles. The smallest absolute Gasteiger partial charge is 0.271 e. The summed E-state index contributed by atoms with van der Waals surface area (Å²) < 4.78 is 21.2. The van der Waals surface area contributed by atoms with Gasteiger partial charge in [0.15, 0.2) is 28.9 Å². The molecule has 0 saturated carbocycles. The van der Waals surface area contributed by atoms with Crippen LogP contribution in [0, 0.1) is 5.82 Å². The lowest BCUT2D eigenvalue weighted by molar-refractivity contribution is 0.0996. The first-order valence-electron chi connectivity index (χ1n) is 8.07. The van der Waals surface area contributed by atoms with E-state index in [4.69, 9.17) is 16.2 Å². The van der Waals surface area contributed by atoms with E-state index in [1.165, 1.54) is 18.2 Å². The van der Waals surface area contributed by atoms with Crippen LogP contribution in [0.3, 0.4) is 0 Å². The number of aromatic nitrogens is 4. The highest BCUT2D eigenvalue weighted by molar-refractivity contribution is 5.96. The summed E-state index contributed by atoms with van der Waals surface area (Å²) in [5.74, 6) is -0.957. The molecule has 0 saturated heterocycles. The molecular weight excluding hydrogens is 353 g/mol. The van der Waals surface area contributed by atoms with Gasteiger partial charge in [0.2, 0.25) is 5.88 Å². The zero-order valence-corrected chi connectivity index (χ0v) is 14.7. The highest BCUT2D eigenvalue weighted by Gasteiger charge is 2.20. The highest BCUT2D eigenvalue weighted by Crippen LogP contribution is 2.30. The third kappa shape index (κ3) is 3.94. The van der Waals surface area contributed by atoms with Gasteiger partial charge in [-0.25, -0.2) is 9.37 Å². The van der Waals surface area contributed by atoms with Gasteiger partial charge in [0.25, 0.3) is 5.91 Å². The lowest BCUT2D eigenvalue weighted by Gasteiger charge is -2.14. The number of carbonyl (C=O) groups is 1. The fourth-order valence-corrected chi connectivity index (χ4v) is 2.33. The summed E-state index contributed by atoms with van der Waals surface area (Å²) in [6.07, 6.45) is 2.09. The molecule has 0 unspecified atom stereocenters. The molecule has 1 amide bonds. The van der Waals surface area contributed by atoms with Gasteiger partial charge in [0.05, 0.1) is 0 Å². The molecule has 0 bridgehead atoms. The minimum absolute atomic E-state index is 0.0328. The molecule has 0 aliphatic heterocycles. The topological polar surface area (TPSA) is 134 Å². The van der Waals surface area contributed by atoms with E-state index in [9.17, 15) is 9.18 Å². The van der Waals surface area contributed by atoms with E-state index in [1.54, 1.807) is 30.9 Å². The molecule has 0 radical (unpaired) electrons. The number of primary amides is 1. The van der Waals surface area contributed by atoms with E-state index in [2.05, 4.69) is 20.4 Å². The van der Waals surface area contributed by atoms with E-state index < -0.39 is 11.7 Å². The Bertz CT molecular complexity index is 1000. The molecule has 0 fully saturated rings. The number of carbonyl (C=O) groups excluding carboxylic acids is 1. The van der Waals surface area contributed by atoms with E-state index in [1.807, 2.05) is 0 Å². The standard InChI is InChI=1S/C17H18FN7O2/c1-3-11-17(27-12-8-9(19)4-5-10(12)18)23-16(14(21-11)15(20)26)22-13-6-7-25(2)24-13/h4-8H,3,19H2,1-2H3,(H2,20,26)(H,22,23,24). The maximum atomic E-state index is 14.0. The van der Waals surface area contributed by atoms with Crippen molar-refractivity contribution in [3.63, 3.8) is 0 Å². The monoisotopic (exact) mass is 371 g/mol. The average Bonchev–Trinajstić information content (AvgIpc) is 3.03. The van der Waals surface area contributed by atoms with Crippen LogP contribution in [0.15, 0.2) is 30.5 Å². The molecule has 27 heavy (non-hydrogen) atoms. The maximum Gasteiger partial charge on any atom is 0.271 e. The second-order valence-corrected chi connectivity index (χ2v) is 5.68. The number of rotatable bonds is 6. The lowest BCUT2D eigenvalue weighted by atomic mass is 10.2. The van der Waals surface area contributed by atoms with Gasteiger partial charge in [-0.2, -0.15) is 10.1 Å². The van der Waals surface area contributed by atoms with Gasteiger partial charge in [-0.15, -0.1) is 0 Å². The van der Waals surface area contributed by atoms with Crippen LogP contribution >= 0.6 is 0 Å². The van der Waals surface area contributed by atoms with Gasteiger partial charge in [-0.1, -0.05) is 6.92 Å². The Balaban J connectivity index is 2.05. The quantitative estimate of drug-likeness (QED) is 0.565. The van der Waals surface area contributed by atoms with Crippen LogP contribution in [0.5, 0.6) is 11.6 Å². The number of nitrogens with one attached hydrogen (secondary N) is 1. The van der Waals surface area contributed by atoms with E-state index in [0.717, 1.165) is 0 Å². The normalized spacial score (nSPS) is 10.6. The number of anilines is 3. The summed E-state index contributed by atoms with van der Waals surface area (Å²) in [7, 11) is 1.74. The third-order valence-corrected chi connectivity index (χ3v) is 3.62. The third-order valence-electron chi connectivity index (χ3n) is 3.62. The Morgan fingerprint density at radius 2 is 2.11 bits per heavy atom. The van der Waals surface area contributed by atoms with Crippen LogP contribution in [-0.4, -0.2) is 25.7 Å². The fourth-order valence-electron chi connectivity index (χ4n) is 2.33. The molecule has 140 valence electrons. The second kappa shape index (κ2) is 7.28. The van der Waals surface area contributed by atoms with Crippen molar-refractivity contribution in [1.82, 2.24) is 19.7 Å². The number of halogens is 1. The van der Waals surface area contributed by atoms with Crippen molar-refractivity contribution < 1.29 is 13.9 Å². The van der Waals surface area contributed by atoms with Crippen molar-refractivity contribution in [2.45, 2.75) is 13.3 Å². The number of nitrogens with two attached hydrogens (primary N) is 2. The first-order valence-corrected chi connectivity index (χ1v) is 8.07. The average molecular weight is 371 g/mol. The van der Waals surface area contributed by atoms with Crippen molar-refractivity contribution in [3.05, 3.63) is 47.7 Å². The molecule has 1 aromatic carbocycles. The van der Waals surface area contributed by atoms with Crippen LogP contribution < -0.4 is 21.5 Å². The number of amides is 1. The molecule has 0 atom stereocenters. The Labute approximate surface area is 154 Å². The summed E-state index contributed by atoms with van der Waals surface area (Å²) in [5.41, 5.74) is 11.7. The van der Waals surface area contributed by atoms with Crippen molar-refractivity contribution in [2.75, 3.05) is 11.1 Å². The molecule has 10 heteroatoms. The highest BCUT2D eigenvalue weighted by atomic mass is 19.1. The minimum atomic E-state index is -0.766. The Morgan fingerprint density at radius 1 is 1.33 bits per heavy atom. The number of hydrogen-bond donors (Lipinski definition) is 3. The van der Waals surface area contributed by atoms with Crippen LogP contribution in [-0.2, 0) is 13.5 Å². The number of nitrogen functional groups attached to an aromatic ring is 1. The number of ether oxygens (including phenoxy) is 1. The SMILES string of the molecule is CCc1nc(C(N)=O)c(Nc2ccn(C)n2)nc1Oc1cc(N)ccc1F. The summed E-state index contributed by atoms with van der Waals surface area (Å²) in [5, 5.41) is 7.03. The molecule has 2 aromatic heterocycles. The van der Waals surface area contributed by atoms with Gasteiger partial charge in [-0.3, -0.25) is 9.48 Å². The maximum absolute atomic E-state index is 14.0. The molecule has 9 nitrogen and oxygen atoms in total. The first kappa shape index (κ1) is 18.1. The van der Waals surface area contributed by atoms with Crippen LogP contribution in [0.2, 0.25) is 0 Å². The summed E-state index contributed by atoms with van der Waals surface area (Å²) in [6.45, 7) is 1.79. The molecule has 2 heterocycles. The van der Waals surface area contributed by atoms with Gasteiger partial charge in [0.1, 0.15) is 5.69 Å². The van der Waals surface area contributed by atoms with Gasteiger partial charge in [0, 0.05) is 31.1 Å². The van der Waals surface area contributed by atoms with Crippen LogP contribution in [0.25, 0.3) is 0 Å². The van der Waals surface area contributed by atoms with Crippen LogP contribution in [0.1, 0.15) is 23.1 Å². The molecule has 3 rings (SSSR count). The summed E-state index contributed by atoms with van der Waals surface area (Å²) in [4.78, 5) is 20.3. The number of benzene rings is 1. The Kier molecular flexibility index (Phi) is 4.88. The predicted octanol–water partition coefficient (Wildman–Crippen LogP) is 2.13. The zero-order valence-electron chi connectivity index (χ0n) is 14.7. The summed E-state index contributed by atoms with van der Waals surface area (Å²) in [6, 6.07) is 5.62. The van der Waals surface area contributed by atoms with Crippen molar-refractivity contribution in [1.29, 1.82) is 0 Å². The Hall–Kier alpha value is -3.69. The summed E-state index contributed by atoms with van der Waals surface area (Å²) >= 11 is 0. The molecule has 0 aliphatic rings. The fraction of sp³-hybridized carbons (Fsp3) is 0.176. The molecule has 3 aromatic rings. The van der Waals surface area contributed by atoms with Gasteiger partial charge in [-0.05, 0) is 18.6 Å². The lowest BCUT2D eigenvalue weighted by Crippen LogP contribution is -2.18. The first-order chi connectivity index (χ1) is 12.9. The van der Waals surface area contributed by atoms with E-state index in [0.29, 0.717) is 23.6 Å². The van der Waals surface area contributed by atoms with Gasteiger partial charge >= 0.3 is 0 Å². The van der Waals surface area contributed by atoms with Crippen LogP contribution in [0.4, 0.5) is 21.7 Å². The van der Waals surface area contributed by atoms with Crippen molar-refractivity contribution >= 4 is 23.2 Å². The Morgan fingerprint density at radius 3 is 2.74 bits per heavy atom.